The number of benzene rings is 3. The molecule has 0 bridgehead atoms. The van der Waals surface area contributed by atoms with Crippen LogP contribution in [-0.2, 0) is 6.18 Å². The van der Waals surface area contributed by atoms with Crippen LogP contribution in [-0.4, -0.2) is 17.4 Å². The number of carbonyl (C=O) groups is 1. The van der Waals surface area contributed by atoms with Crippen LogP contribution >= 0.6 is 0 Å². The molecule has 1 aliphatic rings. The number of ketones is 1. The lowest BCUT2D eigenvalue weighted by molar-refractivity contribution is -0.136. The number of hydrogen-bond donors (Lipinski definition) is 0. The Kier molecular flexibility index (Phi) is 6.77. The van der Waals surface area contributed by atoms with Crippen LogP contribution in [0, 0.1) is 5.92 Å². The van der Waals surface area contributed by atoms with E-state index in [2.05, 4.69) is 4.98 Å². The highest BCUT2D eigenvalue weighted by Gasteiger charge is 2.34. The number of hydrogen-bond acceptors (Lipinski definition) is 3. The van der Waals surface area contributed by atoms with Crippen LogP contribution in [0.15, 0.2) is 79.0 Å². The molecule has 0 aliphatic heterocycles. The summed E-state index contributed by atoms with van der Waals surface area (Å²) >= 11 is 0. The Morgan fingerprint density at radius 3 is 2.42 bits per heavy atom. The van der Waals surface area contributed by atoms with E-state index in [0.717, 1.165) is 18.9 Å². The second kappa shape index (κ2) is 10.1. The second-order valence-corrected chi connectivity index (χ2v) is 9.28. The Morgan fingerprint density at radius 1 is 0.917 bits per heavy atom. The minimum absolute atomic E-state index is 0.182. The third-order valence-electron chi connectivity index (χ3n) is 6.82. The van der Waals surface area contributed by atoms with Gasteiger partial charge in [-0.2, -0.15) is 13.2 Å². The number of carbonyl (C=O) groups excluding carboxylic acids is 1. The molecule has 0 spiro atoms. The fourth-order valence-corrected chi connectivity index (χ4v) is 4.99. The van der Waals surface area contributed by atoms with E-state index in [1.54, 1.807) is 48.5 Å². The Bertz CT molecular complexity index is 1380. The Morgan fingerprint density at radius 2 is 1.67 bits per heavy atom. The summed E-state index contributed by atoms with van der Waals surface area (Å²) in [6, 6.07) is 19.9. The van der Waals surface area contributed by atoms with E-state index in [4.69, 9.17) is 4.74 Å². The highest BCUT2D eigenvalue weighted by molar-refractivity contribution is 6.16. The molecule has 36 heavy (non-hydrogen) atoms. The molecule has 0 atom stereocenters. The molecule has 1 heterocycles. The Labute approximate surface area is 207 Å². The number of ether oxygens (including phenoxy) is 1. The zero-order valence-corrected chi connectivity index (χ0v) is 19.7. The number of nitrogens with zero attached hydrogens (tertiary/aromatic N) is 1. The summed E-state index contributed by atoms with van der Waals surface area (Å²) in [5.41, 5.74) is 0.710. The predicted molar refractivity (Wildman–Crippen MR) is 134 cm³/mol. The number of halogens is 3. The van der Waals surface area contributed by atoms with Crippen LogP contribution in [0.5, 0.6) is 5.75 Å². The molecular formula is C30H26F3NO2. The summed E-state index contributed by atoms with van der Waals surface area (Å²) in [5, 5.41) is 0.274. The standard InChI is InChI=1S/C30H26F3NO2/c31-30(32,33)26-16-8-15-24-27(25(18-34-28(24)26)29(35)21-11-5-2-6-12-21)22-13-7-14-23(17-22)36-19-20-9-3-1-4-10-20/h2,5-8,11-18,20H,1,3-4,9-10,19H2. The third-order valence-corrected chi connectivity index (χ3v) is 6.82. The summed E-state index contributed by atoms with van der Waals surface area (Å²) in [7, 11) is 0. The van der Waals surface area contributed by atoms with Crippen molar-refractivity contribution in [3.05, 3.63) is 95.7 Å². The molecule has 3 aromatic carbocycles. The highest BCUT2D eigenvalue weighted by atomic mass is 19.4. The van der Waals surface area contributed by atoms with Gasteiger partial charge in [0, 0.05) is 28.3 Å². The lowest BCUT2D eigenvalue weighted by atomic mass is 9.90. The molecule has 3 nitrogen and oxygen atoms in total. The van der Waals surface area contributed by atoms with Crippen molar-refractivity contribution < 1.29 is 22.7 Å². The smallest absolute Gasteiger partial charge is 0.418 e. The maximum atomic E-state index is 13.8. The molecule has 1 fully saturated rings. The minimum atomic E-state index is -4.57. The maximum Gasteiger partial charge on any atom is 0.418 e. The molecule has 0 amide bonds. The zero-order chi connectivity index (χ0) is 25.1. The van der Waals surface area contributed by atoms with Crippen LogP contribution in [0.3, 0.4) is 0 Å². The number of pyridine rings is 1. The van der Waals surface area contributed by atoms with Crippen LogP contribution < -0.4 is 4.74 Å². The molecule has 4 aromatic rings. The predicted octanol–water partition coefficient (Wildman–Crippen LogP) is 8.11. The number of rotatable bonds is 6. The van der Waals surface area contributed by atoms with Gasteiger partial charge in [-0.25, -0.2) is 0 Å². The SMILES string of the molecule is O=C(c1ccccc1)c1cnc2c(C(F)(F)F)cccc2c1-c1cccc(OCC2CCCCC2)c1. The number of alkyl halides is 3. The Balaban J connectivity index is 1.62. The summed E-state index contributed by atoms with van der Waals surface area (Å²) in [5.74, 6) is 0.841. The summed E-state index contributed by atoms with van der Waals surface area (Å²) in [6.45, 7) is 0.606. The molecule has 0 radical (unpaired) electrons. The number of para-hydroxylation sites is 1. The molecule has 0 unspecified atom stereocenters. The van der Waals surface area contributed by atoms with E-state index >= 15 is 0 Å². The molecule has 5 rings (SSSR count). The second-order valence-electron chi connectivity index (χ2n) is 9.28. The summed E-state index contributed by atoms with van der Waals surface area (Å²) < 4.78 is 47.5. The molecule has 1 aromatic heterocycles. The maximum absolute atomic E-state index is 13.8. The fraction of sp³-hybridized carbons (Fsp3) is 0.267. The van der Waals surface area contributed by atoms with Crippen molar-refractivity contribution in [3.63, 3.8) is 0 Å². The first kappa shape index (κ1) is 24.0. The van der Waals surface area contributed by atoms with E-state index in [1.807, 2.05) is 12.1 Å². The van der Waals surface area contributed by atoms with E-state index in [0.29, 0.717) is 35.0 Å². The van der Waals surface area contributed by atoms with Crippen molar-refractivity contribution in [1.29, 1.82) is 0 Å². The summed E-state index contributed by atoms with van der Waals surface area (Å²) in [6.07, 6.45) is 2.67. The summed E-state index contributed by atoms with van der Waals surface area (Å²) in [4.78, 5) is 17.6. The van der Waals surface area contributed by atoms with Crippen molar-refractivity contribution in [1.82, 2.24) is 4.98 Å². The number of fused-ring (bicyclic) bond motifs is 1. The first-order valence-corrected chi connectivity index (χ1v) is 12.2. The van der Waals surface area contributed by atoms with E-state index < -0.39 is 11.7 Å². The van der Waals surface area contributed by atoms with E-state index in [-0.39, 0.29) is 22.2 Å². The van der Waals surface area contributed by atoms with Crippen molar-refractivity contribution in [2.24, 2.45) is 5.92 Å². The number of aromatic nitrogens is 1. The normalized spacial score (nSPS) is 14.6. The van der Waals surface area contributed by atoms with Gasteiger partial charge in [0.2, 0.25) is 0 Å². The van der Waals surface area contributed by atoms with Gasteiger partial charge in [0.05, 0.1) is 17.7 Å². The van der Waals surface area contributed by atoms with Gasteiger partial charge in [-0.15, -0.1) is 0 Å². The van der Waals surface area contributed by atoms with Gasteiger partial charge in [0.15, 0.2) is 5.78 Å². The van der Waals surface area contributed by atoms with E-state index in [1.165, 1.54) is 31.5 Å². The Hall–Kier alpha value is -3.67. The van der Waals surface area contributed by atoms with E-state index in [9.17, 15) is 18.0 Å². The van der Waals surface area contributed by atoms with Crippen molar-refractivity contribution in [2.45, 2.75) is 38.3 Å². The lowest BCUT2D eigenvalue weighted by Crippen LogP contribution is -2.15. The largest absolute Gasteiger partial charge is 0.493 e. The molecular weight excluding hydrogens is 463 g/mol. The zero-order valence-electron chi connectivity index (χ0n) is 19.7. The molecule has 6 heteroatoms. The van der Waals surface area contributed by atoms with Gasteiger partial charge in [0.25, 0.3) is 0 Å². The van der Waals surface area contributed by atoms with Crippen molar-refractivity contribution in [3.8, 4) is 16.9 Å². The van der Waals surface area contributed by atoms with Gasteiger partial charge in [-0.05, 0) is 42.5 Å². The quantitative estimate of drug-likeness (QED) is 0.257. The van der Waals surface area contributed by atoms with Gasteiger partial charge in [-0.3, -0.25) is 9.78 Å². The molecule has 0 saturated heterocycles. The highest BCUT2D eigenvalue weighted by Crippen LogP contribution is 2.39. The van der Waals surface area contributed by atoms with Gasteiger partial charge >= 0.3 is 6.18 Å². The minimum Gasteiger partial charge on any atom is -0.493 e. The first-order valence-electron chi connectivity index (χ1n) is 12.2. The molecule has 0 N–H and O–H groups in total. The van der Waals surface area contributed by atoms with Crippen LogP contribution in [0.25, 0.3) is 22.0 Å². The third kappa shape index (κ3) is 4.99. The molecule has 184 valence electrons. The molecule has 1 saturated carbocycles. The first-order chi connectivity index (χ1) is 17.4. The monoisotopic (exact) mass is 489 g/mol. The average molecular weight is 490 g/mol. The lowest BCUT2D eigenvalue weighted by Gasteiger charge is -2.22. The van der Waals surface area contributed by atoms with Crippen LogP contribution in [0.1, 0.15) is 53.6 Å². The van der Waals surface area contributed by atoms with Crippen LogP contribution in [0.2, 0.25) is 0 Å². The van der Waals surface area contributed by atoms with Crippen LogP contribution in [0.4, 0.5) is 13.2 Å². The van der Waals surface area contributed by atoms with Crippen molar-refractivity contribution in [2.75, 3.05) is 6.61 Å². The van der Waals surface area contributed by atoms with Gasteiger partial charge < -0.3 is 4.74 Å². The topological polar surface area (TPSA) is 39.2 Å². The van der Waals surface area contributed by atoms with Gasteiger partial charge in [-0.1, -0.05) is 73.9 Å². The molecule has 1 aliphatic carbocycles. The van der Waals surface area contributed by atoms with Crippen molar-refractivity contribution >= 4 is 16.7 Å². The average Bonchev–Trinajstić information content (AvgIpc) is 2.91. The van der Waals surface area contributed by atoms with Gasteiger partial charge in [0.1, 0.15) is 5.75 Å². The fourth-order valence-electron chi connectivity index (χ4n) is 4.99.